The number of carbonyl (C=O) groups is 1. The van der Waals surface area contributed by atoms with Crippen molar-refractivity contribution in [3.8, 4) is 0 Å². The first-order valence-electron chi connectivity index (χ1n) is 5.73. The van der Waals surface area contributed by atoms with Crippen molar-refractivity contribution in [1.29, 1.82) is 0 Å². The van der Waals surface area contributed by atoms with E-state index in [4.69, 9.17) is 4.74 Å². The second-order valence-corrected chi connectivity index (χ2v) is 3.61. The maximum atomic E-state index is 11.1. The lowest BCUT2D eigenvalue weighted by Gasteiger charge is -2.05. The molecule has 0 spiro atoms. The molecule has 1 aromatic carbocycles. The molecule has 92 valence electrons. The highest BCUT2D eigenvalue weighted by Gasteiger charge is 2.03. The summed E-state index contributed by atoms with van der Waals surface area (Å²) in [6.07, 6.45) is 0.223. The minimum atomic E-state index is -0.523. The highest BCUT2D eigenvalue weighted by molar-refractivity contribution is 6.00. The van der Waals surface area contributed by atoms with Gasteiger partial charge in [-0.2, -0.15) is 5.10 Å². The molecule has 1 N–H and O–H groups in total. The number of amides is 1. The van der Waals surface area contributed by atoms with Gasteiger partial charge in [-0.15, -0.1) is 0 Å². The molecule has 0 radical (unpaired) electrons. The summed E-state index contributed by atoms with van der Waals surface area (Å²) in [4.78, 5) is 11.1. The summed E-state index contributed by atoms with van der Waals surface area (Å²) in [5.74, 6) is 0. The van der Waals surface area contributed by atoms with Crippen LogP contribution < -0.4 is 5.43 Å². The van der Waals surface area contributed by atoms with Crippen LogP contribution >= 0.6 is 0 Å². The SMILES string of the molecule is CCOC(=O)N/N=C(\CC)c1ccc(C)cc1. The van der Waals surface area contributed by atoms with Gasteiger partial charge in [-0.1, -0.05) is 36.8 Å². The first kappa shape index (κ1) is 13.2. The molecular formula is C13H18N2O2. The predicted molar refractivity (Wildman–Crippen MR) is 68.2 cm³/mol. The van der Waals surface area contributed by atoms with Crippen LogP contribution in [0.3, 0.4) is 0 Å². The van der Waals surface area contributed by atoms with Gasteiger partial charge in [0, 0.05) is 0 Å². The van der Waals surface area contributed by atoms with Crippen LogP contribution in [0.5, 0.6) is 0 Å². The van der Waals surface area contributed by atoms with Crippen LogP contribution in [-0.2, 0) is 4.74 Å². The molecule has 0 atom stereocenters. The zero-order valence-corrected chi connectivity index (χ0v) is 10.5. The molecule has 0 aliphatic carbocycles. The number of benzene rings is 1. The highest BCUT2D eigenvalue weighted by atomic mass is 16.5. The van der Waals surface area contributed by atoms with Crippen molar-refractivity contribution in [2.24, 2.45) is 5.10 Å². The molecule has 1 aromatic rings. The fourth-order valence-corrected chi connectivity index (χ4v) is 1.37. The summed E-state index contributed by atoms with van der Waals surface area (Å²) in [6, 6.07) is 8.02. The van der Waals surface area contributed by atoms with E-state index in [0.717, 1.165) is 17.7 Å². The largest absolute Gasteiger partial charge is 0.449 e. The lowest BCUT2D eigenvalue weighted by Crippen LogP contribution is -2.20. The topological polar surface area (TPSA) is 50.7 Å². The minimum Gasteiger partial charge on any atom is -0.449 e. The Morgan fingerprint density at radius 1 is 1.29 bits per heavy atom. The summed E-state index contributed by atoms with van der Waals surface area (Å²) < 4.78 is 4.73. The fraction of sp³-hybridized carbons (Fsp3) is 0.385. The van der Waals surface area contributed by atoms with Crippen molar-refractivity contribution in [2.45, 2.75) is 27.2 Å². The molecule has 1 rings (SSSR count). The molecule has 0 bridgehead atoms. The summed E-state index contributed by atoms with van der Waals surface area (Å²) in [5.41, 5.74) is 5.41. The summed E-state index contributed by atoms with van der Waals surface area (Å²) in [7, 11) is 0. The van der Waals surface area contributed by atoms with Gasteiger partial charge in [-0.25, -0.2) is 10.2 Å². The number of carbonyl (C=O) groups excluding carboxylic acids is 1. The second-order valence-electron chi connectivity index (χ2n) is 3.61. The van der Waals surface area contributed by atoms with E-state index < -0.39 is 6.09 Å². The molecule has 0 heterocycles. The quantitative estimate of drug-likeness (QED) is 0.643. The first-order chi connectivity index (χ1) is 8.17. The Hall–Kier alpha value is -1.84. The van der Waals surface area contributed by atoms with E-state index in [1.54, 1.807) is 6.92 Å². The van der Waals surface area contributed by atoms with Gasteiger partial charge in [0.15, 0.2) is 0 Å². The van der Waals surface area contributed by atoms with Crippen LogP contribution in [0.25, 0.3) is 0 Å². The van der Waals surface area contributed by atoms with Crippen molar-refractivity contribution in [2.75, 3.05) is 6.61 Å². The average Bonchev–Trinajstić information content (AvgIpc) is 2.32. The monoisotopic (exact) mass is 234 g/mol. The van der Waals surface area contributed by atoms with E-state index in [1.807, 2.05) is 38.1 Å². The Morgan fingerprint density at radius 3 is 2.47 bits per heavy atom. The van der Waals surface area contributed by atoms with E-state index in [-0.39, 0.29) is 0 Å². The number of ether oxygens (including phenoxy) is 1. The van der Waals surface area contributed by atoms with E-state index in [2.05, 4.69) is 10.5 Å². The molecule has 0 aromatic heterocycles. The van der Waals surface area contributed by atoms with Crippen LogP contribution in [0.1, 0.15) is 31.4 Å². The van der Waals surface area contributed by atoms with Gasteiger partial charge < -0.3 is 4.74 Å². The van der Waals surface area contributed by atoms with Crippen molar-refractivity contribution in [1.82, 2.24) is 5.43 Å². The first-order valence-corrected chi connectivity index (χ1v) is 5.73. The molecule has 4 heteroatoms. The molecule has 0 aliphatic heterocycles. The highest BCUT2D eigenvalue weighted by Crippen LogP contribution is 2.06. The summed E-state index contributed by atoms with van der Waals surface area (Å²) in [5, 5.41) is 4.05. The Balaban J connectivity index is 2.73. The molecule has 4 nitrogen and oxygen atoms in total. The number of nitrogens with one attached hydrogen (secondary N) is 1. The van der Waals surface area contributed by atoms with Crippen LogP contribution in [0.15, 0.2) is 29.4 Å². The number of hydrogen-bond donors (Lipinski definition) is 1. The molecule has 0 saturated carbocycles. The Labute approximate surface area is 102 Å². The third kappa shape index (κ3) is 4.26. The number of hydrogen-bond acceptors (Lipinski definition) is 3. The maximum absolute atomic E-state index is 11.1. The molecule has 17 heavy (non-hydrogen) atoms. The lowest BCUT2D eigenvalue weighted by molar-refractivity contribution is 0.152. The van der Waals surface area contributed by atoms with E-state index in [1.165, 1.54) is 5.56 Å². The van der Waals surface area contributed by atoms with Gasteiger partial charge in [-0.05, 0) is 25.8 Å². The van der Waals surface area contributed by atoms with Crippen molar-refractivity contribution in [3.63, 3.8) is 0 Å². The third-order valence-electron chi connectivity index (χ3n) is 2.28. The van der Waals surface area contributed by atoms with Gasteiger partial charge >= 0.3 is 6.09 Å². The van der Waals surface area contributed by atoms with Crippen molar-refractivity contribution >= 4 is 11.8 Å². The van der Waals surface area contributed by atoms with Crippen LogP contribution in [0.2, 0.25) is 0 Å². The Kier molecular flexibility index (Phi) is 5.20. The number of aryl methyl sites for hydroxylation is 1. The number of nitrogens with zero attached hydrogens (tertiary/aromatic N) is 1. The van der Waals surface area contributed by atoms with Gasteiger partial charge in [0.1, 0.15) is 0 Å². The number of rotatable bonds is 4. The standard InChI is InChI=1S/C13H18N2O2/c1-4-12(14-15-13(16)17-5-2)11-8-6-10(3)7-9-11/h6-9H,4-5H2,1-3H3,(H,15,16)/b14-12+. The summed E-state index contributed by atoms with van der Waals surface area (Å²) >= 11 is 0. The van der Waals surface area contributed by atoms with Crippen LogP contribution in [0.4, 0.5) is 4.79 Å². The Morgan fingerprint density at radius 2 is 1.94 bits per heavy atom. The molecule has 0 unspecified atom stereocenters. The molecule has 0 aliphatic rings. The molecule has 1 amide bonds. The molecule has 0 fully saturated rings. The molecule has 0 saturated heterocycles. The van der Waals surface area contributed by atoms with Gasteiger partial charge in [-0.3, -0.25) is 0 Å². The summed E-state index contributed by atoms with van der Waals surface area (Å²) in [6.45, 7) is 6.12. The normalized spacial score (nSPS) is 11.1. The van der Waals surface area contributed by atoms with Crippen molar-refractivity contribution < 1.29 is 9.53 Å². The van der Waals surface area contributed by atoms with E-state index >= 15 is 0 Å². The lowest BCUT2D eigenvalue weighted by atomic mass is 10.1. The van der Waals surface area contributed by atoms with Gasteiger partial charge in [0.05, 0.1) is 12.3 Å². The van der Waals surface area contributed by atoms with Crippen LogP contribution in [-0.4, -0.2) is 18.4 Å². The zero-order chi connectivity index (χ0) is 12.7. The van der Waals surface area contributed by atoms with Crippen LogP contribution in [0, 0.1) is 6.92 Å². The maximum Gasteiger partial charge on any atom is 0.427 e. The molecular weight excluding hydrogens is 216 g/mol. The van der Waals surface area contributed by atoms with E-state index in [0.29, 0.717) is 6.61 Å². The fourth-order valence-electron chi connectivity index (χ4n) is 1.37. The minimum absolute atomic E-state index is 0.341. The van der Waals surface area contributed by atoms with Crippen molar-refractivity contribution in [3.05, 3.63) is 35.4 Å². The van der Waals surface area contributed by atoms with Gasteiger partial charge in [0.25, 0.3) is 0 Å². The Bertz CT molecular complexity index is 396. The predicted octanol–water partition coefficient (Wildman–Crippen LogP) is 2.86. The number of hydrazone groups is 1. The van der Waals surface area contributed by atoms with E-state index in [9.17, 15) is 4.79 Å². The zero-order valence-electron chi connectivity index (χ0n) is 10.5. The smallest absolute Gasteiger partial charge is 0.427 e. The average molecular weight is 234 g/mol. The van der Waals surface area contributed by atoms with Gasteiger partial charge in [0.2, 0.25) is 0 Å². The second kappa shape index (κ2) is 6.68. The third-order valence-corrected chi connectivity index (χ3v) is 2.28.